The third kappa shape index (κ3) is 5.25. The number of carbonyl (C=O) groups is 1. The van der Waals surface area contributed by atoms with Crippen LogP contribution in [0, 0.1) is 11.6 Å². The number of benzene rings is 1. The van der Waals surface area contributed by atoms with Crippen LogP contribution < -0.4 is 9.62 Å². The highest BCUT2D eigenvalue weighted by Crippen LogP contribution is 2.30. The van der Waals surface area contributed by atoms with Crippen molar-refractivity contribution in [1.29, 1.82) is 0 Å². The van der Waals surface area contributed by atoms with Crippen molar-refractivity contribution in [1.82, 2.24) is 29.1 Å². The average molecular weight is 583 g/mol. The van der Waals surface area contributed by atoms with Gasteiger partial charge in [0, 0.05) is 86.1 Å². The van der Waals surface area contributed by atoms with Gasteiger partial charge in [-0.1, -0.05) is 0 Å². The summed E-state index contributed by atoms with van der Waals surface area (Å²) in [4.78, 5) is 34.1. The Morgan fingerprint density at radius 1 is 0.951 bits per heavy atom. The van der Waals surface area contributed by atoms with Gasteiger partial charge in [0.15, 0.2) is 5.82 Å². The highest BCUT2D eigenvalue weighted by atomic mass is 32.2. The van der Waals surface area contributed by atoms with E-state index in [0.29, 0.717) is 54.0 Å². The van der Waals surface area contributed by atoms with Gasteiger partial charge in [-0.3, -0.25) is 9.52 Å². The van der Waals surface area contributed by atoms with Crippen molar-refractivity contribution in [3.8, 4) is 11.1 Å². The fourth-order valence-corrected chi connectivity index (χ4v) is 6.40. The van der Waals surface area contributed by atoms with Crippen LogP contribution in [0.1, 0.15) is 28.8 Å². The highest BCUT2D eigenvalue weighted by molar-refractivity contribution is 7.90. The molecule has 0 bridgehead atoms. The average Bonchev–Trinajstić information content (AvgIpc) is 3.66. The number of ketones is 1. The first-order valence-electron chi connectivity index (χ1n) is 13.2. The van der Waals surface area contributed by atoms with Crippen molar-refractivity contribution in [2.24, 2.45) is 0 Å². The van der Waals surface area contributed by atoms with Crippen LogP contribution in [0.3, 0.4) is 0 Å². The fourth-order valence-electron chi connectivity index (χ4n) is 5.10. The Kier molecular flexibility index (Phi) is 7.13. The molecule has 2 fully saturated rings. The van der Waals surface area contributed by atoms with Gasteiger partial charge in [0.1, 0.15) is 11.5 Å². The van der Waals surface area contributed by atoms with E-state index in [1.165, 1.54) is 10.5 Å². The normalized spacial score (nSPS) is 16.9. The van der Waals surface area contributed by atoms with Gasteiger partial charge in [0.05, 0.1) is 11.3 Å². The van der Waals surface area contributed by atoms with Crippen LogP contribution in [0.4, 0.5) is 20.4 Å². The maximum atomic E-state index is 15.5. The summed E-state index contributed by atoms with van der Waals surface area (Å²) < 4.78 is 59.0. The fraction of sp³-hybridized carbons (Fsp3) is 0.333. The van der Waals surface area contributed by atoms with Crippen molar-refractivity contribution in [3.63, 3.8) is 0 Å². The molecule has 41 heavy (non-hydrogen) atoms. The topological polar surface area (TPSA) is 127 Å². The molecule has 0 saturated carbocycles. The molecule has 2 saturated heterocycles. The van der Waals surface area contributed by atoms with Crippen LogP contribution in [0.5, 0.6) is 0 Å². The first-order valence-corrected chi connectivity index (χ1v) is 14.7. The van der Waals surface area contributed by atoms with Gasteiger partial charge in [0.2, 0.25) is 11.7 Å². The first-order chi connectivity index (χ1) is 19.7. The summed E-state index contributed by atoms with van der Waals surface area (Å²) in [6.45, 7) is 4.10. The van der Waals surface area contributed by atoms with Crippen molar-refractivity contribution >= 4 is 38.7 Å². The molecule has 11 nitrogen and oxygen atoms in total. The Bertz CT molecular complexity index is 1710. The molecule has 0 amide bonds. The van der Waals surface area contributed by atoms with E-state index in [4.69, 9.17) is 0 Å². The number of nitrogens with one attached hydrogen (secondary N) is 2. The lowest BCUT2D eigenvalue weighted by Crippen LogP contribution is -2.45. The zero-order valence-electron chi connectivity index (χ0n) is 22.3. The molecule has 0 spiro atoms. The van der Waals surface area contributed by atoms with Crippen molar-refractivity contribution in [2.75, 3.05) is 55.9 Å². The molecule has 1 aromatic carbocycles. The summed E-state index contributed by atoms with van der Waals surface area (Å²) in [6.07, 6.45) is 7.66. The summed E-state index contributed by atoms with van der Waals surface area (Å²) in [6, 6.07) is 3.52. The lowest BCUT2D eigenvalue weighted by atomic mass is 10.0. The zero-order valence-corrected chi connectivity index (χ0v) is 23.1. The molecule has 5 heterocycles. The van der Waals surface area contributed by atoms with E-state index in [2.05, 4.69) is 41.5 Å². The number of pyridine rings is 1. The molecule has 214 valence electrons. The molecule has 0 radical (unpaired) electrons. The first kappa shape index (κ1) is 27.2. The van der Waals surface area contributed by atoms with Gasteiger partial charge in [0.25, 0.3) is 0 Å². The lowest BCUT2D eigenvalue weighted by Gasteiger charge is -2.32. The van der Waals surface area contributed by atoms with E-state index in [9.17, 15) is 17.6 Å². The number of hydrogen-bond donors (Lipinski definition) is 2. The Morgan fingerprint density at radius 2 is 1.63 bits per heavy atom. The van der Waals surface area contributed by atoms with Crippen LogP contribution in [0.15, 0.2) is 43.0 Å². The van der Waals surface area contributed by atoms with E-state index >= 15 is 4.39 Å². The number of rotatable bonds is 7. The van der Waals surface area contributed by atoms with Gasteiger partial charge in [-0.25, -0.2) is 23.7 Å². The number of hydrogen-bond acceptors (Lipinski definition) is 8. The molecule has 2 aliphatic rings. The molecule has 4 aromatic rings. The number of fused-ring (bicyclic) bond motifs is 1. The summed E-state index contributed by atoms with van der Waals surface area (Å²) in [5.74, 6) is -2.72. The molecule has 2 aliphatic heterocycles. The van der Waals surface area contributed by atoms with Crippen molar-refractivity contribution in [2.45, 2.75) is 12.8 Å². The number of H-pyrrole nitrogens is 1. The van der Waals surface area contributed by atoms with Crippen LogP contribution >= 0.6 is 0 Å². The second-order valence-corrected chi connectivity index (χ2v) is 11.9. The number of aromatic amines is 1. The van der Waals surface area contributed by atoms with E-state index in [-0.39, 0.29) is 5.56 Å². The minimum atomic E-state index is -4.05. The second-order valence-electron chi connectivity index (χ2n) is 10.2. The molecule has 6 rings (SSSR count). The Hall–Kier alpha value is -4.01. The molecule has 0 unspecified atom stereocenters. The number of nitrogens with zero attached hydrogens (tertiary/aromatic N) is 6. The molecule has 2 N–H and O–H groups in total. The van der Waals surface area contributed by atoms with Gasteiger partial charge >= 0.3 is 10.2 Å². The second kappa shape index (κ2) is 10.8. The molecule has 3 aromatic heterocycles. The lowest BCUT2D eigenvalue weighted by molar-refractivity contribution is 0.103. The van der Waals surface area contributed by atoms with Crippen LogP contribution in [-0.2, 0) is 10.2 Å². The molecule has 14 heteroatoms. The minimum absolute atomic E-state index is 0.0123. The third-order valence-electron chi connectivity index (χ3n) is 7.50. The number of halogens is 2. The maximum absolute atomic E-state index is 15.5. The molecular weight excluding hydrogens is 554 g/mol. The number of piperazine rings is 1. The summed E-state index contributed by atoms with van der Waals surface area (Å²) in [7, 11) is -1.98. The SMILES string of the molecule is CN1CCN(c2ncc(-c3cnc4[nH]cc(C(=O)c5c(F)ccc(NS(=O)(=O)N6CCCC6)c5F)c4c3)cn2)CC1. The Morgan fingerprint density at radius 3 is 2.34 bits per heavy atom. The largest absolute Gasteiger partial charge is 0.345 e. The monoisotopic (exact) mass is 582 g/mol. The number of likely N-dealkylation sites (N-methyl/N-ethyl adjacent to an activating group) is 1. The summed E-state index contributed by atoms with van der Waals surface area (Å²) >= 11 is 0. The predicted octanol–water partition coefficient (Wildman–Crippen LogP) is 3.03. The summed E-state index contributed by atoms with van der Waals surface area (Å²) in [5, 5.41) is 0.345. The van der Waals surface area contributed by atoms with Gasteiger partial charge in [-0.15, -0.1) is 0 Å². The Labute approximate surface area is 235 Å². The zero-order chi connectivity index (χ0) is 28.7. The molecule has 0 aliphatic carbocycles. The smallest absolute Gasteiger partial charge is 0.301 e. The maximum Gasteiger partial charge on any atom is 0.301 e. The quantitative estimate of drug-likeness (QED) is 0.319. The van der Waals surface area contributed by atoms with Crippen molar-refractivity contribution < 1.29 is 22.0 Å². The Balaban J connectivity index is 1.29. The number of aromatic nitrogens is 4. The third-order valence-corrected chi connectivity index (χ3v) is 9.02. The van der Waals surface area contributed by atoms with Gasteiger partial charge in [-0.2, -0.15) is 12.7 Å². The van der Waals surface area contributed by atoms with Crippen molar-refractivity contribution in [3.05, 3.63) is 65.7 Å². The standard InChI is InChI=1S/C27H28F2N8O3S/c1-35-8-10-36(11-9-35)27-32-14-18(15-33-27)17-12-19-20(16-31-26(19)30-13-17)25(38)23-21(28)4-5-22(24(23)29)34-41(39,40)37-6-2-3-7-37/h4-5,12-16,34H,2-3,6-11H2,1H3,(H,30,31). The van der Waals surface area contributed by atoms with Gasteiger partial charge in [-0.05, 0) is 38.1 Å². The van der Waals surface area contributed by atoms with Crippen LogP contribution in [0.2, 0.25) is 0 Å². The van der Waals surface area contributed by atoms with E-state index in [1.54, 1.807) is 24.7 Å². The number of anilines is 2. The summed E-state index contributed by atoms with van der Waals surface area (Å²) in [5.41, 5.74) is 0.243. The highest BCUT2D eigenvalue weighted by Gasteiger charge is 2.29. The number of carbonyl (C=O) groups excluding carboxylic acids is 1. The van der Waals surface area contributed by atoms with E-state index < -0.39 is 38.9 Å². The van der Waals surface area contributed by atoms with Crippen LogP contribution in [-0.4, -0.2) is 89.7 Å². The minimum Gasteiger partial charge on any atom is -0.345 e. The van der Waals surface area contributed by atoms with Crippen LogP contribution in [0.25, 0.3) is 22.2 Å². The van der Waals surface area contributed by atoms with E-state index in [0.717, 1.165) is 38.3 Å². The molecular formula is C27H28F2N8O3S. The predicted molar refractivity (Wildman–Crippen MR) is 150 cm³/mol. The molecule has 0 atom stereocenters. The van der Waals surface area contributed by atoms with E-state index in [1.807, 2.05) is 0 Å². The van der Waals surface area contributed by atoms with Gasteiger partial charge < -0.3 is 14.8 Å².